The Labute approximate surface area is 122 Å². The molecule has 1 aliphatic rings. The molecule has 0 bridgehead atoms. The Balaban J connectivity index is 1.80. The fourth-order valence-corrected chi connectivity index (χ4v) is 2.89. The van der Waals surface area contributed by atoms with Crippen molar-refractivity contribution in [3.8, 4) is 6.07 Å². The molecule has 1 aliphatic heterocycles. The number of nitrogens with one attached hydrogen (secondary N) is 1. The fraction of sp³-hybridized carbons (Fsp3) is 0.588. The molecule has 0 atom stereocenters. The van der Waals surface area contributed by atoms with Crippen LogP contribution in [-0.4, -0.2) is 30.6 Å². The smallest absolute Gasteiger partial charge is 0.0991 e. The van der Waals surface area contributed by atoms with Crippen molar-refractivity contribution >= 4 is 0 Å². The maximum absolute atomic E-state index is 8.88. The van der Waals surface area contributed by atoms with Gasteiger partial charge in [-0.15, -0.1) is 0 Å². The Kier molecular flexibility index (Phi) is 5.58. The molecule has 0 radical (unpaired) electrons. The molecule has 1 fully saturated rings. The quantitative estimate of drug-likeness (QED) is 0.895. The van der Waals surface area contributed by atoms with Crippen LogP contribution in [0.3, 0.4) is 0 Å². The summed E-state index contributed by atoms with van der Waals surface area (Å²) in [5.41, 5.74) is 3.26. The Bertz CT molecular complexity index is 468. The van der Waals surface area contributed by atoms with Gasteiger partial charge in [-0.2, -0.15) is 5.26 Å². The molecular weight excluding hydrogens is 246 g/mol. The molecule has 1 aromatic carbocycles. The van der Waals surface area contributed by atoms with Crippen LogP contribution >= 0.6 is 0 Å². The first-order valence-corrected chi connectivity index (χ1v) is 7.68. The van der Waals surface area contributed by atoms with E-state index in [9.17, 15) is 0 Å². The first-order chi connectivity index (χ1) is 9.72. The molecule has 1 heterocycles. The van der Waals surface area contributed by atoms with E-state index >= 15 is 0 Å². The summed E-state index contributed by atoms with van der Waals surface area (Å²) in [6, 6.07) is 8.79. The summed E-state index contributed by atoms with van der Waals surface area (Å²) in [7, 11) is 0. The highest BCUT2D eigenvalue weighted by Crippen LogP contribution is 2.14. The number of benzene rings is 1. The molecule has 20 heavy (non-hydrogen) atoms. The zero-order valence-corrected chi connectivity index (χ0v) is 12.7. The average Bonchev–Trinajstić information content (AvgIpc) is 2.48. The first-order valence-electron chi connectivity index (χ1n) is 7.68. The summed E-state index contributed by atoms with van der Waals surface area (Å²) < 4.78 is 0. The first kappa shape index (κ1) is 15.0. The lowest BCUT2D eigenvalue weighted by Crippen LogP contribution is -2.42. The van der Waals surface area contributed by atoms with E-state index in [2.05, 4.69) is 36.2 Å². The summed E-state index contributed by atoms with van der Waals surface area (Å²) in [4.78, 5) is 2.56. The van der Waals surface area contributed by atoms with Gasteiger partial charge < -0.3 is 10.2 Å². The molecule has 0 aromatic heterocycles. The van der Waals surface area contributed by atoms with Crippen LogP contribution in [0.4, 0.5) is 0 Å². The number of piperidine rings is 1. The van der Waals surface area contributed by atoms with Crippen LogP contribution in [0, 0.1) is 18.3 Å². The molecule has 3 nitrogen and oxygen atoms in total. The summed E-state index contributed by atoms with van der Waals surface area (Å²) in [6.07, 6.45) is 3.74. The van der Waals surface area contributed by atoms with Crippen molar-refractivity contribution in [2.75, 3.05) is 19.6 Å². The molecule has 0 amide bonds. The Morgan fingerprint density at radius 3 is 2.70 bits per heavy atom. The van der Waals surface area contributed by atoms with Gasteiger partial charge in [0.15, 0.2) is 0 Å². The highest BCUT2D eigenvalue weighted by atomic mass is 15.1. The van der Waals surface area contributed by atoms with E-state index < -0.39 is 0 Å². The molecule has 0 saturated carbocycles. The third-order valence-corrected chi connectivity index (χ3v) is 4.18. The van der Waals surface area contributed by atoms with E-state index in [1.807, 2.05) is 12.1 Å². The summed E-state index contributed by atoms with van der Waals surface area (Å²) >= 11 is 0. The number of hydrogen-bond donors (Lipinski definition) is 1. The average molecular weight is 271 g/mol. The summed E-state index contributed by atoms with van der Waals surface area (Å²) in [5, 5.41) is 12.6. The number of aryl methyl sites for hydroxylation is 1. The normalized spacial score (nSPS) is 17.1. The van der Waals surface area contributed by atoms with E-state index in [0.717, 1.165) is 12.1 Å². The second kappa shape index (κ2) is 7.42. The lowest BCUT2D eigenvalue weighted by Gasteiger charge is -2.32. The van der Waals surface area contributed by atoms with Gasteiger partial charge in [0.2, 0.25) is 0 Å². The van der Waals surface area contributed by atoms with Gasteiger partial charge in [-0.25, -0.2) is 0 Å². The van der Waals surface area contributed by atoms with Crippen LogP contribution in [0.25, 0.3) is 0 Å². The Hall–Kier alpha value is -1.37. The number of likely N-dealkylation sites (tertiary alicyclic amines) is 1. The number of rotatable bonds is 5. The lowest BCUT2D eigenvalue weighted by molar-refractivity contribution is 0.197. The summed E-state index contributed by atoms with van der Waals surface area (Å²) in [6.45, 7) is 8.92. The molecular formula is C17H25N3. The van der Waals surface area contributed by atoms with Crippen molar-refractivity contribution in [3.05, 3.63) is 34.9 Å². The number of nitriles is 1. The van der Waals surface area contributed by atoms with E-state index in [0.29, 0.717) is 6.04 Å². The van der Waals surface area contributed by atoms with E-state index in [4.69, 9.17) is 5.26 Å². The van der Waals surface area contributed by atoms with Crippen molar-refractivity contribution in [2.24, 2.45) is 0 Å². The Morgan fingerprint density at radius 2 is 2.10 bits per heavy atom. The predicted molar refractivity (Wildman–Crippen MR) is 82.5 cm³/mol. The minimum absolute atomic E-state index is 0.637. The van der Waals surface area contributed by atoms with Crippen LogP contribution in [-0.2, 0) is 6.54 Å². The molecule has 1 aromatic rings. The molecule has 1 saturated heterocycles. The highest BCUT2D eigenvalue weighted by Gasteiger charge is 2.17. The third-order valence-electron chi connectivity index (χ3n) is 4.18. The molecule has 3 heteroatoms. The highest BCUT2D eigenvalue weighted by molar-refractivity contribution is 5.37. The van der Waals surface area contributed by atoms with E-state index in [1.165, 1.54) is 50.0 Å². The largest absolute Gasteiger partial charge is 0.310 e. The van der Waals surface area contributed by atoms with Gasteiger partial charge in [-0.05, 0) is 69.1 Å². The number of hydrogen-bond acceptors (Lipinski definition) is 3. The minimum Gasteiger partial charge on any atom is -0.310 e. The standard InChI is InChI=1S/C17H25N3/c1-3-8-20-9-6-17(7-10-20)19-13-16-5-4-15(12-18)11-14(16)2/h4-5,11,17,19H,3,6-10,13H2,1-2H3. The van der Waals surface area contributed by atoms with Gasteiger partial charge in [0.05, 0.1) is 11.6 Å². The number of nitrogens with zero attached hydrogens (tertiary/aromatic N) is 2. The minimum atomic E-state index is 0.637. The SMILES string of the molecule is CCCN1CCC(NCc2ccc(C#N)cc2C)CC1. The fourth-order valence-electron chi connectivity index (χ4n) is 2.89. The van der Waals surface area contributed by atoms with Crippen LogP contribution < -0.4 is 5.32 Å². The summed E-state index contributed by atoms with van der Waals surface area (Å²) in [5.74, 6) is 0. The van der Waals surface area contributed by atoms with Crippen LogP contribution in [0.1, 0.15) is 42.9 Å². The van der Waals surface area contributed by atoms with Gasteiger partial charge in [0.25, 0.3) is 0 Å². The van der Waals surface area contributed by atoms with Gasteiger partial charge >= 0.3 is 0 Å². The Morgan fingerprint density at radius 1 is 1.35 bits per heavy atom. The maximum atomic E-state index is 8.88. The topological polar surface area (TPSA) is 39.1 Å². The monoisotopic (exact) mass is 271 g/mol. The van der Waals surface area contributed by atoms with Crippen molar-refractivity contribution in [1.82, 2.24) is 10.2 Å². The van der Waals surface area contributed by atoms with Crippen LogP contribution in [0.15, 0.2) is 18.2 Å². The lowest BCUT2D eigenvalue weighted by atomic mass is 10.0. The van der Waals surface area contributed by atoms with Gasteiger partial charge in [-0.1, -0.05) is 13.0 Å². The third kappa shape index (κ3) is 4.06. The van der Waals surface area contributed by atoms with Crippen molar-refractivity contribution < 1.29 is 0 Å². The van der Waals surface area contributed by atoms with Crippen molar-refractivity contribution in [2.45, 2.75) is 45.7 Å². The van der Waals surface area contributed by atoms with Crippen LogP contribution in [0.2, 0.25) is 0 Å². The van der Waals surface area contributed by atoms with E-state index in [1.54, 1.807) is 0 Å². The zero-order valence-electron chi connectivity index (χ0n) is 12.7. The molecule has 0 spiro atoms. The zero-order chi connectivity index (χ0) is 14.4. The van der Waals surface area contributed by atoms with Gasteiger partial charge in [-0.3, -0.25) is 0 Å². The van der Waals surface area contributed by atoms with Crippen molar-refractivity contribution in [1.29, 1.82) is 5.26 Å². The maximum Gasteiger partial charge on any atom is 0.0991 e. The molecule has 0 unspecified atom stereocenters. The van der Waals surface area contributed by atoms with Crippen LogP contribution in [0.5, 0.6) is 0 Å². The molecule has 2 rings (SSSR count). The van der Waals surface area contributed by atoms with Gasteiger partial charge in [0, 0.05) is 12.6 Å². The van der Waals surface area contributed by atoms with Gasteiger partial charge in [0.1, 0.15) is 0 Å². The molecule has 0 aliphatic carbocycles. The second-order valence-electron chi connectivity index (χ2n) is 5.75. The molecule has 108 valence electrons. The van der Waals surface area contributed by atoms with E-state index in [-0.39, 0.29) is 0 Å². The predicted octanol–water partition coefficient (Wildman–Crippen LogP) is 2.83. The second-order valence-corrected chi connectivity index (χ2v) is 5.75. The van der Waals surface area contributed by atoms with Crippen molar-refractivity contribution in [3.63, 3.8) is 0 Å². The molecule has 1 N–H and O–H groups in total.